The molecular weight excluding hydrogens is 342 g/mol. The van der Waals surface area contributed by atoms with E-state index in [1.807, 2.05) is 65.8 Å². The smallest absolute Gasteiger partial charge is 0.125 e. The minimum absolute atomic E-state index is 0.424. The van der Waals surface area contributed by atoms with E-state index in [1.165, 1.54) is 0 Å². The average Bonchev–Trinajstić information content (AvgIpc) is 2.60. The van der Waals surface area contributed by atoms with Crippen molar-refractivity contribution in [1.82, 2.24) is 0 Å². The summed E-state index contributed by atoms with van der Waals surface area (Å²) in [5, 5.41) is 3.95. The largest absolute Gasteiger partial charge is 0.493 e. The fourth-order valence-corrected chi connectivity index (χ4v) is 2.52. The number of nitrogens with zero attached hydrogens (tertiary/aromatic N) is 1. The number of rotatable bonds is 12. The molecule has 0 spiro atoms. The molecule has 0 aliphatic rings. The Labute approximate surface area is 164 Å². The molecule has 152 valence electrons. The first-order valence-corrected chi connectivity index (χ1v) is 9.52. The minimum atomic E-state index is -0.424. The number of unbranched alkanes of at least 4 members (excludes halogenated alkanes) is 1. The van der Waals surface area contributed by atoms with Gasteiger partial charge in [0.2, 0.25) is 0 Å². The minimum Gasteiger partial charge on any atom is -0.493 e. The molecule has 1 aromatic rings. The quantitative estimate of drug-likeness (QED) is 0.216. The highest BCUT2D eigenvalue weighted by molar-refractivity contribution is 5.89. The lowest BCUT2D eigenvalue weighted by atomic mass is 10.0. The predicted molar refractivity (Wildman–Crippen MR) is 111 cm³/mol. The van der Waals surface area contributed by atoms with Crippen LogP contribution >= 0.6 is 0 Å². The normalized spacial score (nSPS) is 12.5. The Morgan fingerprint density at radius 1 is 1.07 bits per heavy atom. The van der Waals surface area contributed by atoms with Crippen LogP contribution in [-0.4, -0.2) is 38.2 Å². The van der Waals surface area contributed by atoms with Gasteiger partial charge in [-0.1, -0.05) is 17.3 Å². The topological polar surface area (TPSA) is 49.3 Å². The Balaban J connectivity index is 2.41. The Bertz CT molecular complexity index is 612. The Morgan fingerprint density at radius 3 is 2.30 bits per heavy atom. The molecule has 5 nitrogen and oxygen atoms in total. The van der Waals surface area contributed by atoms with Crippen LogP contribution in [0.25, 0.3) is 0 Å². The van der Waals surface area contributed by atoms with E-state index in [0.717, 1.165) is 41.2 Å². The van der Waals surface area contributed by atoms with Gasteiger partial charge in [-0.05, 0) is 77.6 Å². The van der Waals surface area contributed by atoms with Crippen LogP contribution in [0.2, 0.25) is 0 Å². The second kappa shape index (κ2) is 11.7. The molecule has 0 saturated heterocycles. The third-order valence-corrected chi connectivity index (χ3v) is 4.36. The molecule has 0 unspecified atom stereocenters. The molecule has 5 heteroatoms. The van der Waals surface area contributed by atoms with Crippen molar-refractivity contribution in [2.24, 2.45) is 5.16 Å². The van der Waals surface area contributed by atoms with Crippen molar-refractivity contribution in [2.45, 2.75) is 60.0 Å². The Morgan fingerprint density at radius 2 is 1.70 bits per heavy atom. The standard InChI is InChI=1S/C22H35NO4/c1-8-9-12-25-20-15-17(2)21(18(3)16-20)26-13-10-11-14-27-22(5,6)19(4)23-24-7/h8-9,15-16H,10-14H2,1-7H3/b9-8+,23-19+. The van der Waals surface area contributed by atoms with Gasteiger partial charge in [0.05, 0.1) is 12.3 Å². The van der Waals surface area contributed by atoms with Crippen molar-refractivity contribution in [1.29, 1.82) is 0 Å². The van der Waals surface area contributed by atoms with Gasteiger partial charge in [0.1, 0.15) is 30.8 Å². The molecule has 1 rings (SSSR count). The molecule has 0 heterocycles. The van der Waals surface area contributed by atoms with Gasteiger partial charge >= 0.3 is 0 Å². The molecule has 0 aliphatic heterocycles. The lowest BCUT2D eigenvalue weighted by Crippen LogP contribution is -2.33. The summed E-state index contributed by atoms with van der Waals surface area (Å²) in [6.45, 7) is 13.9. The Hall–Kier alpha value is -2.01. The summed E-state index contributed by atoms with van der Waals surface area (Å²) in [6, 6.07) is 4.05. The second-order valence-electron chi connectivity index (χ2n) is 7.04. The fourth-order valence-electron chi connectivity index (χ4n) is 2.52. The molecular formula is C22H35NO4. The van der Waals surface area contributed by atoms with E-state index in [9.17, 15) is 0 Å². The first kappa shape index (κ1) is 23.0. The van der Waals surface area contributed by atoms with Gasteiger partial charge in [-0.2, -0.15) is 0 Å². The molecule has 0 aromatic heterocycles. The second-order valence-corrected chi connectivity index (χ2v) is 7.04. The summed E-state index contributed by atoms with van der Waals surface area (Å²) in [5.74, 6) is 1.82. The Kier molecular flexibility index (Phi) is 9.94. The van der Waals surface area contributed by atoms with Crippen LogP contribution in [-0.2, 0) is 9.57 Å². The van der Waals surface area contributed by atoms with Gasteiger partial charge in [0, 0.05) is 6.61 Å². The van der Waals surface area contributed by atoms with E-state index < -0.39 is 5.60 Å². The van der Waals surface area contributed by atoms with Crippen molar-refractivity contribution in [3.8, 4) is 11.5 Å². The SMILES string of the molecule is C/C=C/COc1cc(C)c(OCCCCOC(C)(C)/C(C)=N/OC)c(C)c1. The van der Waals surface area contributed by atoms with Crippen molar-refractivity contribution >= 4 is 5.71 Å². The highest BCUT2D eigenvalue weighted by atomic mass is 16.6. The van der Waals surface area contributed by atoms with Crippen LogP contribution in [0.15, 0.2) is 29.4 Å². The summed E-state index contributed by atoms with van der Waals surface area (Å²) >= 11 is 0. The zero-order valence-electron chi connectivity index (χ0n) is 17.9. The lowest BCUT2D eigenvalue weighted by molar-refractivity contribution is 0.0274. The summed E-state index contributed by atoms with van der Waals surface area (Å²) in [7, 11) is 1.54. The van der Waals surface area contributed by atoms with Crippen LogP contribution in [0.5, 0.6) is 11.5 Å². The first-order chi connectivity index (χ1) is 12.8. The van der Waals surface area contributed by atoms with Crippen molar-refractivity contribution in [3.63, 3.8) is 0 Å². The molecule has 0 N–H and O–H groups in total. The molecule has 0 bridgehead atoms. The van der Waals surface area contributed by atoms with E-state index in [-0.39, 0.29) is 0 Å². The predicted octanol–water partition coefficient (Wildman–Crippen LogP) is 5.23. The molecule has 0 radical (unpaired) electrons. The number of oxime groups is 1. The maximum absolute atomic E-state index is 6.00. The average molecular weight is 378 g/mol. The summed E-state index contributed by atoms with van der Waals surface area (Å²) in [5.41, 5.74) is 2.58. The maximum atomic E-state index is 6.00. The zero-order valence-corrected chi connectivity index (χ0v) is 17.9. The molecule has 0 amide bonds. The molecule has 0 fully saturated rings. The van der Waals surface area contributed by atoms with Gasteiger partial charge in [0.15, 0.2) is 0 Å². The van der Waals surface area contributed by atoms with Crippen LogP contribution in [0.3, 0.4) is 0 Å². The van der Waals surface area contributed by atoms with E-state index in [0.29, 0.717) is 19.8 Å². The molecule has 27 heavy (non-hydrogen) atoms. The molecule has 0 saturated carbocycles. The van der Waals surface area contributed by atoms with Crippen molar-refractivity contribution in [3.05, 3.63) is 35.4 Å². The lowest BCUT2D eigenvalue weighted by Gasteiger charge is -2.24. The van der Waals surface area contributed by atoms with Gasteiger partial charge in [-0.15, -0.1) is 0 Å². The van der Waals surface area contributed by atoms with Gasteiger partial charge in [-0.3, -0.25) is 0 Å². The van der Waals surface area contributed by atoms with E-state index in [1.54, 1.807) is 7.11 Å². The van der Waals surface area contributed by atoms with E-state index in [2.05, 4.69) is 5.16 Å². The number of aryl methyl sites for hydroxylation is 2. The summed E-state index contributed by atoms with van der Waals surface area (Å²) in [4.78, 5) is 4.82. The third-order valence-electron chi connectivity index (χ3n) is 4.36. The van der Waals surface area contributed by atoms with E-state index >= 15 is 0 Å². The molecule has 0 aliphatic carbocycles. The van der Waals surface area contributed by atoms with Crippen LogP contribution in [0.4, 0.5) is 0 Å². The van der Waals surface area contributed by atoms with Crippen molar-refractivity contribution in [2.75, 3.05) is 26.9 Å². The van der Waals surface area contributed by atoms with Crippen LogP contribution in [0.1, 0.15) is 51.7 Å². The zero-order chi connectivity index (χ0) is 20.3. The summed E-state index contributed by atoms with van der Waals surface area (Å²) < 4.78 is 17.6. The van der Waals surface area contributed by atoms with Crippen LogP contribution < -0.4 is 9.47 Å². The first-order valence-electron chi connectivity index (χ1n) is 9.52. The number of allylic oxidation sites excluding steroid dienone is 1. The third kappa shape index (κ3) is 8.04. The number of benzene rings is 1. The monoisotopic (exact) mass is 377 g/mol. The summed E-state index contributed by atoms with van der Waals surface area (Å²) in [6.07, 6.45) is 5.82. The van der Waals surface area contributed by atoms with Gasteiger partial charge < -0.3 is 19.0 Å². The van der Waals surface area contributed by atoms with Gasteiger partial charge in [0.25, 0.3) is 0 Å². The number of hydrogen-bond acceptors (Lipinski definition) is 5. The highest BCUT2D eigenvalue weighted by Gasteiger charge is 2.22. The highest BCUT2D eigenvalue weighted by Crippen LogP contribution is 2.28. The fraction of sp³-hybridized carbons (Fsp3) is 0.591. The number of hydrogen-bond donors (Lipinski definition) is 0. The maximum Gasteiger partial charge on any atom is 0.125 e. The molecule has 0 atom stereocenters. The van der Waals surface area contributed by atoms with Crippen molar-refractivity contribution < 1.29 is 19.0 Å². The van der Waals surface area contributed by atoms with Crippen LogP contribution in [0, 0.1) is 13.8 Å². The van der Waals surface area contributed by atoms with E-state index in [4.69, 9.17) is 19.0 Å². The number of ether oxygens (including phenoxy) is 3. The van der Waals surface area contributed by atoms with Gasteiger partial charge in [-0.25, -0.2) is 0 Å². The molecule has 1 aromatic carbocycles.